The Morgan fingerprint density at radius 1 is 1.07 bits per heavy atom. The van der Waals surface area contributed by atoms with Crippen LogP contribution in [0.2, 0.25) is 0 Å². The summed E-state index contributed by atoms with van der Waals surface area (Å²) in [6.07, 6.45) is 0. The highest BCUT2D eigenvalue weighted by atomic mass is 32.1. The molecule has 2 rings (SSSR count). The van der Waals surface area contributed by atoms with Crippen LogP contribution in [0.4, 0.5) is 5.00 Å². The highest BCUT2D eigenvalue weighted by Gasteiger charge is 2.27. The van der Waals surface area contributed by atoms with Gasteiger partial charge >= 0.3 is 17.9 Å². The Bertz CT molecular complexity index is 999. The molecule has 0 radical (unpaired) electrons. The van der Waals surface area contributed by atoms with E-state index in [9.17, 15) is 19.6 Å². The van der Waals surface area contributed by atoms with Crippen LogP contribution in [0, 0.1) is 25.2 Å². The number of nitrogen functional groups attached to an aromatic ring is 1. The molecule has 0 aromatic carbocycles. The molecule has 0 aliphatic rings. The number of nitriles is 1. The van der Waals surface area contributed by atoms with Crippen molar-refractivity contribution in [2.75, 3.05) is 18.9 Å². The predicted molar refractivity (Wildman–Crippen MR) is 105 cm³/mol. The second kappa shape index (κ2) is 9.25. The number of nitrogens with zero attached hydrogens (tertiary/aromatic N) is 1. The number of hydrogen-bond donors (Lipinski definition) is 2. The molecule has 0 saturated carbocycles. The van der Waals surface area contributed by atoms with Crippen LogP contribution in [-0.4, -0.2) is 36.1 Å². The van der Waals surface area contributed by atoms with E-state index in [4.69, 9.17) is 19.9 Å². The standard InChI is InChI=1S/C19H21N3O6S/c1-5-26-17(23)13-9(3)14(22-10(13)4)18(24)28-8-12-11(7-20)16(21)29-15(12)19(25)27-6-2/h22H,5-6,8,21H2,1-4H3. The maximum absolute atomic E-state index is 12.6. The lowest BCUT2D eigenvalue weighted by Gasteiger charge is -2.07. The first-order chi connectivity index (χ1) is 13.8. The Kier molecular flexibility index (Phi) is 7.01. The maximum atomic E-state index is 12.6. The zero-order chi connectivity index (χ0) is 21.7. The second-order valence-electron chi connectivity index (χ2n) is 5.90. The summed E-state index contributed by atoms with van der Waals surface area (Å²) in [7, 11) is 0. The van der Waals surface area contributed by atoms with Gasteiger partial charge in [0.25, 0.3) is 0 Å². The summed E-state index contributed by atoms with van der Waals surface area (Å²) in [5, 5.41) is 9.47. The summed E-state index contributed by atoms with van der Waals surface area (Å²) in [6, 6.07) is 1.92. The van der Waals surface area contributed by atoms with Crippen molar-refractivity contribution < 1.29 is 28.6 Å². The van der Waals surface area contributed by atoms with Gasteiger partial charge in [-0.05, 0) is 33.3 Å². The number of carbonyl (C=O) groups is 3. The van der Waals surface area contributed by atoms with Crippen molar-refractivity contribution in [3.63, 3.8) is 0 Å². The van der Waals surface area contributed by atoms with Crippen molar-refractivity contribution in [3.8, 4) is 6.07 Å². The monoisotopic (exact) mass is 419 g/mol. The van der Waals surface area contributed by atoms with Gasteiger partial charge in [-0.15, -0.1) is 11.3 Å². The quantitative estimate of drug-likeness (QED) is 0.515. The third-order valence-electron chi connectivity index (χ3n) is 4.08. The third-order valence-corrected chi connectivity index (χ3v) is 5.12. The van der Waals surface area contributed by atoms with Crippen LogP contribution in [-0.2, 0) is 20.8 Å². The average Bonchev–Trinajstić information content (AvgIpc) is 3.15. The third kappa shape index (κ3) is 4.41. The number of nitrogens with one attached hydrogen (secondary N) is 1. The van der Waals surface area contributed by atoms with Gasteiger partial charge in [-0.1, -0.05) is 0 Å². The molecule has 154 valence electrons. The van der Waals surface area contributed by atoms with Crippen molar-refractivity contribution in [1.82, 2.24) is 4.98 Å². The van der Waals surface area contributed by atoms with Crippen LogP contribution in [0.3, 0.4) is 0 Å². The molecule has 2 aromatic rings. The summed E-state index contributed by atoms with van der Waals surface area (Å²) >= 11 is 0.901. The molecule has 2 aromatic heterocycles. The topological polar surface area (TPSA) is 144 Å². The summed E-state index contributed by atoms with van der Waals surface area (Å²) in [5.74, 6) is -1.93. The Morgan fingerprint density at radius 2 is 1.69 bits per heavy atom. The Balaban J connectivity index is 2.29. The second-order valence-corrected chi connectivity index (χ2v) is 6.96. The fourth-order valence-electron chi connectivity index (χ4n) is 2.78. The van der Waals surface area contributed by atoms with E-state index < -0.39 is 17.9 Å². The molecule has 0 bridgehead atoms. The summed E-state index contributed by atoms with van der Waals surface area (Å²) in [6.45, 7) is 6.57. The molecule has 0 aliphatic heterocycles. The number of rotatable bonds is 7. The number of aryl methyl sites for hydroxylation is 1. The number of ether oxygens (including phenoxy) is 3. The Hall–Kier alpha value is -3.32. The molecule has 2 heterocycles. The lowest BCUT2D eigenvalue weighted by molar-refractivity contribution is 0.0447. The van der Waals surface area contributed by atoms with Crippen LogP contribution in [0.15, 0.2) is 0 Å². The van der Waals surface area contributed by atoms with Gasteiger partial charge in [0.1, 0.15) is 28.2 Å². The van der Waals surface area contributed by atoms with Crippen LogP contribution in [0.25, 0.3) is 0 Å². The minimum absolute atomic E-state index is 0.0671. The van der Waals surface area contributed by atoms with Crippen molar-refractivity contribution in [2.45, 2.75) is 34.3 Å². The zero-order valence-corrected chi connectivity index (χ0v) is 17.3. The Labute approximate surface area is 171 Å². The smallest absolute Gasteiger partial charge is 0.355 e. The number of esters is 3. The molecule has 9 nitrogen and oxygen atoms in total. The van der Waals surface area contributed by atoms with Crippen LogP contribution in [0.1, 0.15) is 66.7 Å². The average molecular weight is 419 g/mol. The molecule has 29 heavy (non-hydrogen) atoms. The molecule has 0 atom stereocenters. The number of carbonyl (C=O) groups excluding carboxylic acids is 3. The summed E-state index contributed by atoms with van der Waals surface area (Å²) in [5.41, 5.74) is 7.27. The van der Waals surface area contributed by atoms with Gasteiger partial charge in [0.05, 0.1) is 24.3 Å². The van der Waals surface area contributed by atoms with E-state index in [0.717, 1.165) is 11.3 Å². The maximum Gasteiger partial charge on any atom is 0.355 e. The first kappa shape index (κ1) is 22.0. The molecule has 0 fully saturated rings. The van der Waals surface area contributed by atoms with E-state index in [1.165, 1.54) is 0 Å². The number of aromatic amines is 1. The van der Waals surface area contributed by atoms with Gasteiger partial charge in [-0.3, -0.25) is 0 Å². The van der Waals surface area contributed by atoms with Gasteiger partial charge in [-0.25, -0.2) is 14.4 Å². The number of anilines is 1. The van der Waals surface area contributed by atoms with E-state index in [2.05, 4.69) is 4.98 Å². The van der Waals surface area contributed by atoms with Gasteiger partial charge in [-0.2, -0.15) is 5.26 Å². The van der Waals surface area contributed by atoms with Crippen molar-refractivity contribution >= 4 is 34.2 Å². The van der Waals surface area contributed by atoms with Crippen LogP contribution >= 0.6 is 11.3 Å². The molecule has 0 unspecified atom stereocenters. The largest absolute Gasteiger partial charge is 0.462 e. The molecule has 10 heteroatoms. The lowest BCUT2D eigenvalue weighted by atomic mass is 10.1. The van der Waals surface area contributed by atoms with Gasteiger partial charge in [0.2, 0.25) is 0 Å². The summed E-state index contributed by atoms with van der Waals surface area (Å²) < 4.78 is 15.3. The number of H-pyrrole nitrogens is 1. The highest BCUT2D eigenvalue weighted by molar-refractivity contribution is 7.18. The molecule has 0 aliphatic carbocycles. The SMILES string of the molecule is CCOC(=O)c1sc(N)c(C#N)c1COC(=O)c1[nH]c(C)c(C(=O)OCC)c1C. The summed E-state index contributed by atoms with van der Waals surface area (Å²) in [4.78, 5) is 39.7. The fraction of sp³-hybridized carbons (Fsp3) is 0.368. The first-order valence-electron chi connectivity index (χ1n) is 8.78. The molecular formula is C19H21N3O6S. The Morgan fingerprint density at radius 3 is 2.28 bits per heavy atom. The molecule has 0 amide bonds. The van der Waals surface area contributed by atoms with Crippen molar-refractivity contribution in [2.24, 2.45) is 0 Å². The lowest BCUT2D eigenvalue weighted by Crippen LogP contribution is -2.11. The number of aromatic nitrogens is 1. The van der Waals surface area contributed by atoms with E-state index in [1.54, 1.807) is 27.7 Å². The zero-order valence-electron chi connectivity index (χ0n) is 16.5. The van der Waals surface area contributed by atoms with Crippen molar-refractivity contribution in [3.05, 3.63) is 38.5 Å². The minimum atomic E-state index is -0.746. The van der Waals surface area contributed by atoms with Crippen LogP contribution in [0.5, 0.6) is 0 Å². The molecular weight excluding hydrogens is 398 g/mol. The van der Waals surface area contributed by atoms with E-state index >= 15 is 0 Å². The van der Waals surface area contributed by atoms with Gasteiger partial charge in [0, 0.05) is 11.3 Å². The molecule has 0 spiro atoms. The number of nitrogens with two attached hydrogens (primary N) is 1. The predicted octanol–water partition coefficient (Wildman–Crippen LogP) is 2.86. The van der Waals surface area contributed by atoms with Crippen molar-refractivity contribution in [1.29, 1.82) is 5.26 Å². The van der Waals surface area contributed by atoms with E-state index in [0.29, 0.717) is 11.3 Å². The van der Waals surface area contributed by atoms with E-state index in [-0.39, 0.29) is 52.1 Å². The number of thiophene rings is 1. The van der Waals surface area contributed by atoms with Crippen LogP contribution < -0.4 is 5.73 Å². The van der Waals surface area contributed by atoms with Gasteiger partial charge in [0.15, 0.2) is 0 Å². The number of hydrogen-bond acceptors (Lipinski definition) is 9. The van der Waals surface area contributed by atoms with E-state index in [1.807, 2.05) is 6.07 Å². The normalized spacial score (nSPS) is 10.3. The fourth-order valence-corrected chi connectivity index (χ4v) is 3.70. The molecule has 0 saturated heterocycles. The highest BCUT2D eigenvalue weighted by Crippen LogP contribution is 2.32. The molecule has 3 N–H and O–H groups in total. The first-order valence-corrected chi connectivity index (χ1v) is 9.60. The minimum Gasteiger partial charge on any atom is -0.462 e. The van der Waals surface area contributed by atoms with Gasteiger partial charge < -0.3 is 24.9 Å².